The van der Waals surface area contributed by atoms with Crippen LogP contribution in [0.1, 0.15) is 0 Å². The van der Waals surface area contributed by atoms with Gasteiger partial charge in [-0.15, -0.1) is 0 Å². The first-order valence-corrected chi connectivity index (χ1v) is 4.59. The smallest absolute Gasteiger partial charge is 0.134 e. The number of anilines is 1. The highest BCUT2D eigenvalue weighted by molar-refractivity contribution is 5.76. The average Bonchev–Trinajstić information content (AvgIpc) is 2.20. The summed E-state index contributed by atoms with van der Waals surface area (Å²) in [5.74, 6) is -1.99. The summed E-state index contributed by atoms with van der Waals surface area (Å²) in [6.07, 6.45) is 0. The molecule has 4 heteroatoms. The standard InChI is InChI=1S/C12H8F3N/c13-7-4-5-8(11(16)6-7)12-9(14)2-1-3-10(12)15/h1-6H,16H2. The summed E-state index contributed by atoms with van der Waals surface area (Å²) in [4.78, 5) is 0. The molecule has 0 spiro atoms. The minimum atomic E-state index is -0.724. The van der Waals surface area contributed by atoms with E-state index in [4.69, 9.17) is 5.73 Å². The van der Waals surface area contributed by atoms with Gasteiger partial charge in [0.2, 0.25) is 0 Å². The van der Waals surface area contributed by atoms with E-state index in [1.807, 2.05) is 0 Å². The summed E-state index contributed by atoms with van der Waals surface area (Å²) < 4.78 is 39.7. The first-order chi connectivity index (χ1) is 7.59. The number of hydrogen-bond donors (Lipinski definition) is 1. The predicted molar refractivity (Wildman–Crippen MR) is 56.2 cm³/mol. The Kier molecular flexibility index (Phi) is 2.56. The van der Waals surface area contributed by atoms with Crippen molar-refractivity contribution in [1.29, 1.82) is 0 Å². The zero-order valence-electron chi connectivity index (χ0n) is 8.18. The molecule has 0 aliphatic heterocycles. The second-order valence-electron chi connectivity index (χ2n) is 3.33. The van der Waals surface area contributed by atoms with Crippen molar-refractivity contribution in [3.8, 4) is 11.1 Å². The summed E-state index contributed by atoms with van der Waals surface area (Å²) in [7, 11) is 0. The number of nitrogens with two attached hydrogens (primary N) is 1. The van der Waals surface area contributed by atoms with Crippen LogP contribution in [0.15, 0.2) is 36.4 Å². The maximum atomic E-state index is 13.4. The molecule has 0 amide bonds. The van der Waals surface area contributed by atoms with Crippen LogP contribution in [0.5, 0.6) is 0 Å². The third kappa shape index (κ3) is 1.74. The van der Waals surface area contributed by atoms with Gasteiger partial charge in [0.25, 0.3) is 0 Å². The lowest BCUT2D eigenvalue weighted by Gasteiger charge is -2.08. The topological polar surface area (TPSA) is 26.0 Å². The highest BCUT2D eigenvalue weighted by atomic mass is 19.1. The molecule has 0 heterocycles. The van der Waals surface area contributed by atoms with Crippen molar-refractivity contribution in [2.75, 3.05) is 5.73 Å². The highest BCUT2D eigenvalue weighted by Crippen LogP contribution is 2.30. The maximum Gasteiger partial charge on any atom is 0.134 e. The summed E-state index contributed by atoms with van der Waals surface area (Å²) in [5, 5.41) is 0. The van der Waals surface area contributed by atoms with Crippen LogP contribution in [0.2, 0.25) is 0 Å². The lowest BCUT2D eigenvalue weighted by atomic mass is 10.0. The van der Waals surface area contributed by atoms with E-state index < -0.39 is 17.5 Å². The first kappa shape index (κ1) is 10.5. The number of benzene rings is 2. The van der Waals surface area contributed by atoms with Gasteiger partial charge in [-0.1, -0.05) is 6.07 Å². The lowest BCUT2D eigenvalue weighted by molar-refractivity contribution is 0.589. The lowest BCUT2D eigenvalue weighted by Crippen LogP contribution is -1.95. The normalized spacial score (nSPS) is 10.4. The van der Waals surface area contributed by atoms with E-state index in [-0.39, 0.29) is 16.8 Å². The minimum absolute atomic E-state index is 0.00370. The van der Waals surface area contributed by atoms with E-state index >= 15 is 0 Å². The molecule has 2 N–H and O–H groups in total. The van der Waals surface area contributed by atoms with E-state index in [2.05, 4.69) is 0 Å². The van der Waals surface area contributed by atoms with Gasteiger partial charge < -0.3 is 5.73 Å². The third-order valence-electron chi connectivity index (χ3n) is 2.25. The Bertz CT molecular complexity index is 518. The van der Waals surface area contributed by atoms with Gasteiger partial charge in [0.15, 0.2) is 0 Å². The molecule has 2 rings (SSSR count). The van der Waals surface area contributed by atoms with Gasteiger partial charge in [0, 0.05) is 11.3 Å². The fourth-order valence-electron chi connectivity index (χ4n) is 1.52. The molecule has 2 aromatic rings. The molecule has 0 saturated heterocycles. The third-order valence-corrected chi connectivity index (χ3v) is 2.25. The van der Waals surface area contributed by atoms with E-state index in [9.17, 15) is 13.2 Å². The molecule has 0 saturated carbocycles. The van der Waals surface area contributed by atoms with Crippen LogP contribution in [0.3, 0.4) is 0 Å². The number of nitrogen functional groups attached to an aromatic ring is 1. The van der Waals surface area contributed by atoms with Crippen molar-refractivity contribution in [3.63, 3.8) is 0 Å². The monoisotopic (exact) mass is 223 g/mol. The molecule has 0 aliphatic carbocycles. The van der Waals surface area contributed by atoms with Crippen LogP contribution in [-0.2, 0) is 0 Å². The van der Waals surface area contributed by atoms with Gasteiger partial charge >= 0.3 is 0 Å². The van der Waals surface area contributed by atoms with Crippen molar-refractivity contribution >= 4 is 5.69 Å². The molecule has 2 aromatic carbocycles. The summed E-state index contributed by atoms with van der Waals surface area (Å²) in [6, 6.07) is 6.90. The molecule has 0 unspecified atom stereocenters. The molecular formula is C12H8F3N. The first-order valence-electron chi connectivity index (χ1n) is 4.59. The van der Waals surface area contributed by atoms with Gasteiger partial charge in [0.1, 0.15) is 17.5 Å². The fourth-order valence-corrected chi connectivity index (χ4v) is 1.52. The zero-order chi connectivity index (χ0) is 11.7. The van der Waals surface area contributed by atoms with Gasteiger partial charge in [-0.25, -0.2) is 13.2 Å². The Morgan fingerprint density at radius 3 is 2.06 bits per heavy atom. The molecule has 0 atom stereocenters. The Hall–Kier alpha value is -1.97. The van der Waals surface area contributed by atoms with E-state index in [1.54, 1.807) is 0 Å². The van der Waals surface area contributed by atoms with Crippen molar-refractivity contribution in [3.05, 3.63) is 53.8 Å². The van der Waals surface area contributed by atoms with E-state index in [0.717, 1.165) is 24.3 Å². The second-order valence-corrected chi connectivity index (χ2v) is 3.33. The molecular weight excluding hydrogens is 215 g/mol. The molecule has 0 radical (unpaired) electrons. The fraction of sp³-hybridized carbons (Fsp3) is 0. The second kappa shape index (κ2) is 3.89. The van der Waals surface area contributed by atoms with Gasteiger partial charge in [-0.05, 0) is 30.3 Å². The zero-order valence-corrected chi connectivity index (χ0v) is 8.18. The van der Waals surface area contributed by atoms with Crippen LogP contribution in [0, 0.1) is 17.5 Å². The van der Waals surface area contributed by atoms with E-state index in [1.165, 1.54) is 12.1 Å². The Labute approximate surface area is 90.3 Å². The van der Waals surface area contributed by atoms with Gasteiger partial charge in [0.05, 0.1) is 5.56 Å². The molecule has 0 fully saturated rings. The van der Waals surface area contributed by atoms with Crippen molar-refractivity contribution < 1.29 is 13.2 Å². The minimum Gasteiger partial charge on any atom is -0.398 e. The summed E-state index contributed by atoms with van der Waals surface area (Å²) in [5.41, 5.74) is 5.44. The number of rotatable bonds is 1. The van der Waals surface area contributed by atoms with Gasteiger partial charge in [-0.2, -0.15) is 0 Å². The molecule has 16 heavy (non-hydrogen) atoms. The molecule has 0 aromatic heterocycles. The SMILES string of the molecule is Nc1cc(F)ccc1-c1c(F)cccc1F. The van der Waals surface area contributed by atoms with Crippen LogP contribution in [-0.4, -0.2) is 0 Å². The maximum absolute atomic E-state index is 13.4. The Morgan fingerprint density at radius 2 is 1.50 bits per heavy atom. The largest absolute Gasteiger partial charge is 0.398 e. The Balaban J connectivity index is 2.68. The average molecular weight is 223 g/mol. The van der Waals surface area contributed by atoms with Gasteiger partial charge in [-0.3, -0.25) is 0 Å². The van der Waals surface area contributed by atoms with Crippen LogP contribution in [0.25, 0.3) is 11.1 Å². The molecule has 1 nitrogen and oxygen atoms in total. The predicted octanol–water partition coefficient (Wildman–Crippen LogP) is 3.35. The summed E-state index contributed by atoms with van der Waals surface area (Å²) >= 11 is 0. The van der Waals surface area contributed by atoms with Crippen LogP contribution < -0.4 is 5.73 Å². The number of hydrogen-bond acceptors (Lipinski definition) is 1. The summed E-state index contributed by atoms with van der Waals surface area (Å²) in [6.45, 7) is 0. The Morgan fingerprint density at radius 1 is 0.875 bits per heavy atom. The molecule has 0 bridgehead atoms. The number of halogens is 3. The van der Waals surface area contributed by atoms with Crippen molar-refractivity contribution in [2.24, 2.45) is 0 Å². The molecule has 82 valence electrons. The van der Waals surface area contributed by atoms with Crippen LogP contribution >= 0.6 is 0 Å². The molecule has 0 aliphatic rings. The quantitative estimate of drug-likeness (QED) is 0.737. The van der Waals surface area contributed by atoms with Crippen LogP contribution in [0.4, 0.5) is 18.9 Å². The highest BCUT2D eigenvalue weighted by Gasteiger charge is 2.13. The van der Waals surface area contributed by atoms with E-state index in [0.29, 0.717) is 0 Å². The van der Waals surface area contributed by atoms with Crippen molar-refractivity contribution in [1.82, 2.24) is 0 Å². The van der Waals surface area contributed by atoms with Crippen molar-refractivity contribution in [2.45, 2.75) is 0 Å².